The van der Waals surface area contributed by atoms with Crippen molar-refractivity contribution in [3.8, 4) is 0 Å². The van der Waals surface area contributed by atoms with E-state index in [9.17, 15) is 19.8 Å². The molecule has 0 aromatic carbocycles. The van der Waals surface area contributed by atoms with E-state index in [1.807, 2.05) is 42.5 Å². The van der Waals surface area contributed by atoms with Gasteiger partial charge in [-0.2, -0.15) is 0 Å². The lowest BCUT2D eigenvalue weighted by molar-refractivity contribution is -0.152. The molecule has 0 saturated heterocycles. The van der Waals surface area contributed by atoms with Crippen LogP contribution in [0, 0.1) is 0 Å². The Kier molecular flexibility index (Phi) is 34.0. The molecule has 0 unspecified atom stereocenters. The molecule has 0 rings (SSSR count). The highest BCUT2D eigenvalue weighted by atomic mass is 16.6. The van der Waals surface area contributed by atoms with E-state index in [1.165, 1.54) is 89.9 Å². The lowest BCUT2D eigenvalue weighted by Gasteiger charge is -2.12. The molecule has 0 radical (unpaired) electrons. The molecule has 0 amide bonds. The molecule has 0 spiro atoms. The third-order valence-electron chi connectivity index (χ3n) is 7.90. The first-order chi connectivity index (χ1) is 22.5. The van der Waals surface area contributed by atoms with Crippen molar-refractivity contribution in [2.24, 2.45) is 0 Å². The third-order valence-corrected chi connectivity index (χ3v) is 7.90. The molecule has 6 heteroatoms. The van der Waals surface area contributed by atoms with Gasteiger partial charge >= 0.3 is 11.9 Å². The van der Waals surface area contributed by atoms with Gasteiger partial charge in [0.05, 0.1) is 6.10 Å². The molecule has 0 saturated carbocycles. The van der Waals surface area contributed by atoms with E-state index in [-0.39, 0.29) is 31.6 Å². The third kappa shape index (κ3) is 34.7. The van der Waals surface area contributed by atoms with Crippen molar-refractivity contribution in [3.05, 3.63) is 48.6 Å². The van der Waals surface area contributed by atoms with Crippen LogP contribution < -0.4 is 0 Å². The van der Waals surface area contributed by atoms with Crippen LogP contribution in [-0.2, 0) is 19.1 Å². The van der Waals surface area contributed by atoms with Crippen LogP contribution in [0.1, 0.15) is 168 Å². The average Bonchev–Trinajstić information content (AvgIpc) is 3.05. The summed E-state index contributed by atoms with van der Waals surface area (Å²) < 4.78 is 10.3. The molecule has 0 aliphatic carbocycles. The van der Waals surface area contributed by atoms with Crippen LogP contribution in [0.4, 0.5) is 0 Å². The molecule has 0 aliphatic heterocycles. The summed E-state index contributed by atoms with van der Waals surface area (Å²) in [5, 5.41) is 20.0. The van der Waals surface area contributed by atoms with Crippen molar-refractivity contribution in [1.82, 2.24) is 0 Å². The number of hydrogen-bond acceptors (Lipinski definition) is 6. The van der Waals surface area contributed by atoms with Crippen molar-refractivity contribution in [2.75, 3.05) is 13.2 Å². The summed E-state index contributed by atoms with van der Waals surface area (Å²) in [6.07, 6.45) is 40.5. The van der Waals surface area contributed by atoms with E-state index < -0.39 is 12.2 Å². The predicted octanol–water partition coefficient (Wildman–Crippen LogP) is 10.4. The minimum absolute atomic E-state index is 0.148. The van der Waals surface area contributed by atoms with Crippen LogP contribution >= 0.6 is 0 Å². The lowest BCUT2D eigenvalue weighted by atomic mass is 10.0. The summed E-state index contributed by atoms with van der Waals surface area (Å²) in [4.78, 5) is 23.9. The molecule has 46 heavy (non-hydrogen) atoms. The summed E-state index contributed by atoms with van der Waals surface area (Å²) in [7, 11) is 0. The molecular weight excluding hydrogens is 576 g/mol. The maximum atomic E-state index is 11.9. The zero-order valence-corrected chi connectivity index (χ0v) is 29.7. The summed E-state index contributed by atoms with van der Waals surface area (Å²) in [6, 6.07) is 0. The normalized spacial score (nSPS) is 13.4. The first-order valence-electron chi connectivity index (χ1n) is 18.8. The largest absolute Gasteiger partial charge is 0.463 e. The van der Waals surface area contributed by atoms with Gasteiger partial charge in [0.1, 0.15) is 19.3 Å². The van der Waals surface area contributed by atoms with Crippen LogP contribution in [0.2, 0.25) is 0 Å². The standard InChI is InChI=1S/C40H70O6/c1-3-5-7-9-11-12-13-14-15-16-17-21-25-29-33-39(43)45-35-38(42)36-46-40(44)34-30-26-22-18-20-24-28-32-37(41)31-27-23-19-10-8-6-4-2/h18-19,22-24,27-28,31,37-38,41-42H,3-17,20-21,25-26,29-30,32-36H2,1-2H3/b22-18+,23-19-,28-24-,31-27-/t37-,38+/m1/s1. The van der Waals surface area contributed by atoms with E-state index in [0.29, 0.717) is 19.3 Å². The van der Waals surface area contributed by atoms with Gasteiger partial charge in [-0.15, -0.1) is 0 Å². The van der Waals surface area contributed by atoms with E-state index >= 15 is 0 Å². The Morgan fingerprint density at radius 1 is 0.543 bits per heavy atom. The quantitative estimate of drug-likeness (QED) is 0.0319. The molecule has 0 aliphatic rings. The van der Waals surface area contributed by atoms with Gasteiger partial charge in [0, 0.05) is 12.8 Å². The molecule has 0 aromatic rings. The van der Waals surface area contributed by atoms with Crippen LogP contribution in [0.25, 0.3) is 0 Å². The fourth-order valence-electron chi connectivity index (χ4n) is 4.98. The Morgan fingerprint density at radius 3 is 1.61 bits per heavy atom. The van der Waals surface area contributed by atoms with Crippen molar-refractivity contribution < 1.29 is 29.3 Å². The van der Waals surface area contributed by atoms with Gasteiger partial charge in [0.2, 0.25) is 0 Å². The number of aliphatic hydroxyl groups is 2. The highest BCUT2D eigenvalue weighted by Gasteiger charge is 2.12. The lowest BCUT2D eigenvalue weighted by Crippen LogP contribution is -2.25. The number of allylic oxidation sites excluding steroid dienone is 6. The van der Waals surface area contributed by atoms with Gasteiger partial charge in [0.15, 0.2) is 0 Å². The number of esters is 2. The van der Waals surface area contributed by atoms with Gasteiger partial charge in [-0.3, -0.25) is 9.59 Å². The van der Waals surface area contributed by atoms with Crippen molar-refractivity contribution in [3.63, 3.8) is 0 Å². The Labute approximate surface area is 282 Å². The van der Waals surface area contributed by atoms with Gasteiger partial charge in [-0.25, -0.2) is 0 Å². The number of hydrogen-bond donors (Lipinski definition) is 2. The highest BCUT2D eigenvalue weighted by Crippen LogP contribution is 2.13. The minimum Gasteiger partial charge on any atom is -0.463 e. The second kappa shape index (κ2) is 35.7. The number of ether oxygens (including phenoxy) is 2. The fraction of sp³-hybridized carbons (Fsp3) is 0.750. The Bertz CT molecular complexity index is 800. The van der Waals surface area contributed by atoms with Gasteiger partial charge in [-0.1, -0.05) is 159 Å². The number of carbonyl (C=O) groups is 2. The van der Waals surface area contributed by atoms with Crippen LogP contribution in [0.3, 0.4) is 0 Å². The smallest absolute Gasteiger partial charge is 0.305 e. The molecule has 0 fully saturated rings. The number of carbonyl (C=O) groups excluding carboxylic acids is 2. The minimum atomic E-state index is -1.00. The zero-order valence-electron chi connectivity index (χ0n) is 29.7. The van der Waals surface area contributed by atoms with E-state index in [0.717, 1.165) is 38.5 Å². The second-order valence-electron chi connectivity index (χ2n) is 12.5. The zero-order chi connectivity index (χ0) is 33.8. The Balaban J connectivity index is 3.61. The second-order valence-corrected chi connectivity index (χ2v) is 12.5. The van der Waals surface area contributed by atoms with Crippen molar-refractivity contribution >= 4 is 11.9 Å². The summed E-state index contributed by atoms with van der Waals surface area (Å²) in [6.45, 7) is 4.14. The number of aliphatic hydroxyl groups excluding tert-OH is 2. The number of rotatable bonds is 33. The highest BCUT2D eigenvalue weighted by molar-refractivity contribution is 5.69. The SMILES string of the molecule is CCCCC/C=C\C=C/[C@@H](O)C/C=C\C/C=C/CCCC(=O)OC[C@@H](O)COC(=O)CCCCCCCCCCCCCCCC. The molecule has 0 bridgehead atoms. The van der Waals surface area contributed by atoms with E-state index in [1.54, 1.807) is 0 Å². The first kappa shape index (κ1) is 43.8. The molecule has 0 aromatic heterocycles. The van der Waals surface area contributed by atoms with Crippen molar-refractivity contribution in [1.29, 1.82) is 0 Å². The van der Waals surface area contributed by atoms with Crippen LogP contribution in [0.5, 0.6) is 0 Å². The van der Waals surface area contributed by atoms with Crippen LogP contribution in [-0.4, -0.2) is 47.6 Å². The molecule has 0 heterocycles. The topological polar surface area (TPSA) is 93.1 Å². The summed E-state index contributed by atoms with van der Waals surface area (Å²) in [5.74, 6) is -0.668. The predicted molar refractivity (Wildman–Crippen MR) is 193 cm³/mol. The molecule has 266 valence electrons. The summed E-state index contributed by atoms with van der Waals surface area (Å²) >= 11 is 0. The van der Waals surface area contributed by atoms with Crippen LogP contribution in [0.15, 0.2) is 48.6 Å². The molecule has 6 nitrogen and oxygen atoms in total. The maximum absolute atomic E-state index is 11.9. The number of unbranched alkanes of at least 4 members (excludes halogenated alkanes) is 17. The van der Waals surface area contributed by atoms with Crippen molar-refractivity contribution in [2.45, 2.75) is 180 Å². The van der Waals surface area contributed by atoms with E-state index in [2.05, 4.69) is 19.9 Å². The fourth-order valence-corrected chi connectivity index (χ4v) is 4.98. The Morgan fingerprint density at radius 2 is 1.02 bits per heavy atom. The monoisotopic (exact) mass is 647 g/mol. The summed E-state index contributed by atoms with van der Waals surface area (Å²) in [5.41, 5.74) is 0. The van der Waals surface area contributed by atoms with Gasteiger partial charge in [0.25, 0.3) is 0 Å². The maximum Gasteiger partial charge on any atom is 0.305 e. The van der Waals surface area contributed by atoms with Gasteiger partial charge in [-0.05, 0) is 44.9 Å². The van der Waals surface area contributed by atoms with Gasteiger partial charge < -0.3 is 19.7 Å². The Hall–Kier alpha value is -2.18. The average molecular weight is 647 g/mol. The first-order valence-corrected chi connectivity index (χ1v) is 18.8. The molecule has 2 N–H and O–H groups in total. The van der Waals surface area contributed by atoms with E-state index in [4.69, 9.17) is 9.47 Å². The molecule has 2 atom stereocenters. The molecular formula is C40H70O6.